The highest BCUT2D eigenvalue weighted by Gasteiger charge is 2.19. The molecule has 6 heteroatoms. The first-order valence-corrected chi connectivity index (χ1v) is 4.34. The molecule has 1 heterocycles. The highest BCUT2D eigenvalue weighted by atomic mass is 16.4. The summed E-state index contributed by atoms with van der Waals surface area (Å²) in [4.78, 5) is 29.1. The number of aromatic nitrogens is 2. The predicted molar refractivity (Wildman–Crippen MR) is 51.0 cm³/mol. The summed E-state index contributed by atoms with van der Waals surface area (Å²) in [5.41, 5.74) is 0.575. The summed E-state index contributed by atoms with van der Waals surface area (Å²) >= 11 is 0. The SMILES string of the molecule is CC(=O)N[C@H](Cc1ccncn1)C(=O)O. The fourth-order valence-corrected chi connectivity index (χ4v) is 1.09. The molecule has 0 radical (unpaired) electrons. The molecule has 0 saturated heterocycles. The van der Waals surface area contributed by atoms with Crippen molar-refractivity contribution in [3.8, 4) is 0 Å². The summed E-state index contributed by atoms with van der Waals surface area (Å²) in [5.74, 6) is -1.46. The first-order valence-electron chi connectivity index (χ1n) is 4.34. The molecule has 0 unspecified atom stereocenters. The second-order valence-electron chi connectivity index (χ2n) is 3.00. The van der Waals surface area contributed by atoms with E-state index in [2.05, 4.69) is 15.3 Å². The number of amides is 1. The van der Waals surface area contributed by atoms with Crippen molar-refractivity contribution in [1.29, 1.82) is 0 Å². The maximum atomic E-state index is 10.8. The van der Waals surface area contributed by atoms with Gasteiger partial charge in [-0.25, -0.2) is 14.8 Å². The van der Waals surface area contributed by atoms with Gasteiger partial charge in [-0.3, -0.25) is 4.79 Å². The average molecular weight is 209 g/mol. The van der Waals surface area contributed by atoms with E-state index in [4.69, 9.17) is 5.11 Å². The molecular weight excluding hydrogens is 198 g/mol. The summed E-state index contributed by atoms with van der Waals surface area (Å²) in [5, 5.41) is 11.2. The Balaban J connectivity index is 2.67. The molecule has 0 aliphatic rings. The number of hydrogen-bond acceptors (Lipinski definition) is 4. The van der Waals surface area contributed by atoms with Gasteiger partial charge in [0, 0.05) is 25.2 Å². The van der Waals surface area contributed by atoms with Crippen molar-refractivity contribution in [3.05, 3.63) is 24.3 Å². The molecule has 6 nitrogen and oxygen atoms in total. The largest absolute Gasteiger partial charge is 0.480 e. The van der Waals surface area contributed by atoms with Crippen molar-refractivity contribution in [2.75, 3.05) is 0 Å². The van der Waals surface area contributed by atoms with Gasteiger partial charge in [0.2, 0.25) is 5.91 Å². The van der Waals surface area contributed by atoms with Gasteiger partial charge >= 0.3 is 5.97 Å². The molecule has 0 aromatic carbocycles. The molecule has 80 valence electrons. The van der Waals surface area contributed by atoms with Crippen molar-refractivity contribution in [2.45, 2.75) is 19.4 Å². The topological polar surface area (TPSA) is 92.2 Å². The van der Waals surface area contributed by atoms with Crippen LogP contribution in [0.5, 0.6) is 0 Å². The molecule has 1 aromatic rings. The highest BCUT2D eigenvalue weighted by molar-refractivity contribution is 5.82. The van der Waals surface area contributed by atoms with Crippen LogP contribution in [0.4, 0.5) is 0 Å². The fourth-order valence-electron chi connectivity index (χ4n) is 1.09. The minimum absolute atomic E-state index is 0.150. The lowest BCUT2D eigenvalue weighted by atomic mass is 10.1. The van der Waals surface area contributed by atoms with E-state index in [1.807, 2.05) is 0 Å². The van der Waals surface area contributed by atoms with E-state index in [-0.39, 0.29) is 12.3 Å². The summed E-state index contributed by atoms with van der Waals surface area (Å²) in [7, 11) is 0. The van der Waals surface area contributed by atoms with Gasteiger partial charge in [-0.15, -0.1) is 0 Å². The molecule has 2 N–H and O–H groups in total. The third-order valence-electron chi connectivity index (χ3n) is 1.73. The molecule has 0 aliphatic carbocycles. The van der Waals surface area contributed by atoms with Crippen LogP contribution in [-0.2, 0) is 16.0 Å². The summed E-state index contributed by atoms with van der Waals surface area (Å²) in [6.07, 6.45) is 3.01. The Morgan fingerprint density at radius 1 is 1.60 bits per heavy atom. The number of carbonyl (C=O) groups is 2. The first-order chi connectivity index (χ1) is 7.09. The molecule has 0 saturated carbocycles. The molecule has 0 bridgehead atoms. The second-order valence-corrected chi connectivity index (χ2v) is 3.00. The molecule has 1 amide bonds. The van der Waals surface area contributed by atoms with Crippen LogP contribution in [0.1, 0.15) is 12.6 Å². The summed E-state index contributed by atoms with van der Waals surface area (Å²) in [6.45, 7) is 1.27. The van der Waals surface area contributed by atoms with Crippen LogP contribution < -0.4 is 5.32 Å². The van der Waals surface area contributed by atoms with Crippen LogP contribution in [0.2, 0.25) is 0 Å². The molecule has 1 aromatic heterocycles. The molecule has 0 fully saturated rings. The minimum Gasteiger partial charge on any atom is -0.480 e. The Hall–Kier alpha value is -1.98. The van der Waals surface area contributed by atoms with Crippen LogP contribution in [0.15, 0.2) is 18.6 Å². The van der Waals surface area contributed by atoms with Crippen molar-refractivity contribution < 1.29 is 14.7 Å². The number of carboxylic acids is 1. The minimum atomic E-state index is -1.08. The van der Waals surface area contributed by atoms with Gasteiger partial charge < -0.3 is 10.4 Å². The van der Waals surface area contributed by atoms with Crippen LogP contribution >= 0.6 is 0 Å². The number of nitrogens with zero attached hydrogens (tertiary/aromatic N) is 2. The van der Waals surface area contributed by atoms with E-state index in [9.17, 15) is 9.59 Å². The second kappa shape index (κ2) is 5.04. The lowest BCUT2D eigenvalue weighted by Crippen LogP contribution is -2.41. The van der Waals surface area contributed by atoms with Crippen molar-refractivity contribution in [2.24, 2.45) is 0 Å². The Morgan fingerprint density at radius 3 is 2.80 bits per heavy atom. The predicted octanol–water partition coefficient (Wildman–Crippen LogP) is -0.392. The first kappa shape index (κ1) is 11.1. The van der Waals surface area contributed by atoms with E-state index in [1.165, 1.54) is 19.4 Å². The molecular formula is C9H11N3O3. The number of rotatable bonds is 4. The fraction of sp³-hybridized carbons (Fsp3) is 0.333. The Labute approximate surface area is 86.4 Å². The standard InChI is InChI=1S/C9H11N3O3/c1-6(13)12-8(9(14)15)4-7-2-3-10-5-11-7/h2-3,5,8H,4H2,1H3,(H,12,13)(H,14,15)/t8-/m1/s1. The maximum absolute atomic E-state index is 10.8. The smallest absolute Gasteiger partial charge is 0.326 e. The molecule has 15 heavy (non-hydrogen) atoms. The Morgan fingerprint density at radius 2 is 2.33 bits per heavy atom. The van der Waals surface area contributed by atoms with Crippen LogP contribution in [0.3, 0.4) is 0 Å². The lowest BCUT2D eigenvalue weighted by molar-refractivity contribution is -0.141. The lowest BCUT2D eigenvalue weighted by Gasteiger charge is -2.11. The molecule has 1 rings (SSSR count). The third kappa shape index (κ3) is 3.72. The zero-order valence-electron chi connectivity index (χ0n) is 8.17. The van der Waals surface area contributed by atoms with Gasteiger partial charge in [-0.1, -0.05) is 0 Å². The summed E-state index contributed by atoms with van der Waals surface area (Å²) < 4.78 is 0. The quantitative estimate of drug-likeness (QED) is 0.704. The van der Waals surface area contributed by atoms with Crippen LogP contribution in [0, 0.1) is 0 Å². The molecule has 0 spiro atoms. The number of hydrogen-bond donors (Lipinski definition) is 2. The Bertz CT molecular complexity index is 353. The van der Waals surface area contributed by atoms with Gasteiger partial charge in [0.05, 0.1) is 0 Å². The van der Waals surface area contributed by atoms with Gasteiger partial charge in [0.1, 0.15) is 12.4 Å². The zero-order valence-corrected chi connectivity index (χ0v) is 8.17. The van der Waals surface area contributed by atoms with Crippen LogP contribution in [-0.4, -0.2) is 33.0 Å². The van der Waals surface area contributed by atoms with E-state index in [1.54, 1.807) is 6.07 Å². The van der Waals surface area contributed by atoms with E-state index < -0.39 is 12.0 Å². The highest BCUT2D eigenvalue weighted by Crippen LogP contribution is 1.98. The van der Waals surface area contributed by atoms with Crippen LogP contribution in [0.25, 0.3) is 0 Å². The van der Waals surface area contributed by atoms with Crippen molar-refractivity contribution in [1.82, 2.24) is 15.3 Å². The molecule has 0 aliphatic heterocycles. The van der Waals surface area contributed by atoms with Gasteiger partial charge in [0.25, 0.3) is 0 Å². The van der Waals surface area contributed by atoms with Crippen molar-refractivity contribution >= 4 is 11.9 Å². The van der Waals surface area contributed by atoms with E-state index in [0.717, 1.165) is 0 Å². The monoisotopic (exact) mass is 209 g/mol. The number of nitrogens with one attached hydrogen (secondary N) is 1. The zero-order chi connectivity index (χ0) is 11.3. The average Bonchev–Trinajstić information content (AvgIpc) is 2.17. The van der Waals surface area contributed by atoms with Gasteiger partial charge in [-0.05, 0) is 6.07 Å². The van der Waals surface area contributed by atoms with E-state index in [0.29, 0.717) is 5.69 Å². The number of aliphatic carboxylic acids is 1. The van der Waals surface area contributed by atoms with E-state index >= 15 is 0 Å². The van der Waals surface area contributed by atoms with Gasteiger partial charge in [0.15, 0.2) is 0 Å². The summed E-state index contributed by atoms with van der Waals surface area (Å²) in [6, 6.07) is 0.662. The van der Waals surface area contributed by atoms with Gasteiger partial charge in [-0.2, -0.15) is 0 Å². The third-order valence-corrected chi connectivity index (χ3v) is 1.73. The Kier molecular flexibility index (Phi) is 3.73. The number of carboxylic acid groups (broad SMARTS) is 1. The normalized spacial score (nSPS) is 11.8. The van der Waals surface area contributed by atoms with Crippen molar-refractivity contribution in [3.63, 3.8) is 0 Å². The molecule has 1 atom stereocenters. The number of carbonyl (C=O) groups excluding carboxylic acids is 1. The maximum Gasteiger partial charge on any atom is 0.326 e.